The number of benzene rings is 1. The lowest BCUT2D eigenvalue weighted by Gasteiger charge is -2.18. The number of halogens is 1. The maximum Gasteiger partial charge on any atom is 0.323 e. The van der Waals surface area contributed by atoms with Gasteiger partial charge in [0.25, 0.3) is 0 Å². The number of carbonyl (C=O) groups excluding carboxylic acids is 1. The number of hydrogen-bond donors (Lipinski definition) is 1. The van der Waals surface area contributed by atoms with Crippen LogP contribution in [-0.4, -0.2) is 44.9 Å². The van der Waals surface area contributed by atoms with Crippen molar-refractivity contribution < 1.29 is 13.9 Å². The number of aromatic nitrogens is 3. The first-order valence-electron chi connectivity index (χ1n) is 9.06. The second kappa shape index (κ2) is 8.08. The first-order valence-corrected chi connectivity index (χ1v) is 9.06. The van der Waals surface area contributed by atoms with Crippen molar-refractivity contribution in [3.05, 3.63) is 72.4 Å². The summed E-state index contributed by atoms with van der Waals surface area (Å²) >= 11 is 0. The molecular formula is C20H20FN5O2. The molecule has 0 unspecified atom stereocenters. The minimum Gasteiger partial charge on any atom is -0.487 e. The van der Waals surface area contributed by atoms with Gasteiger partial charge in [0.1, 0.15) is 23.5 Å². The van der Waals surface area contributed by atoms with Gasteiger partial charge in [-0.05, 0) is 29.8 Å². The predicted molar refractivity (Wildman–Crippen MR) is 102 cm³/mol. The van der Waals surface area contributed by atoms with Gasteiger partial charge in [-0.25, -0.2) is 13.9 Å². The van der Waals surface area contributed by atoms with Crippen LogP contribution in [0.15, 0.2) is 61.1 Å². The van der Waals surface area contributed by atoms with E-state index in [-0.39, 0.29) is 18.0 Å². The van der Waals surface area contributed by atoms with Crippen LogP contribution in [0.1, 0.15) is 12.0 Å². The Bertz CT molecular complexity index is 929. The molecule has 0 spiro atoms. The number of nitrogens with zero attached hydrogens (tertiary/aromatic N) is 4. The summed E-state index contributed by atoms with van der Waals surface area (Å²) < 4.78 is 20.6. The van der Waals surface area contributed by atoms with Crippen molar-refractivity contribution in [3.8, 4) is 5.75 Å². The van der Waals surface area contributed by atoms with Crippen LogP contribution in [0, 0.1) is 5.82 Å². The third-order valence-corrected chi connectivity index (χ3v) is 4.57. The van der Waals surface area contributed by atoms with Crippen LogP contribution in [0.2, 0.25) is 0 Å². The first kappa shape index (κ1) is 18.0. The molecule has 3 aromatic rings. The summed E-state index contributed by atoms with van der Waals surface area (Å²) in [5.41, 5.74) is 0.895. The third kappa shape index (κ3) is 4.28. The Kier molecular flexibility index (Phi) is 5.18. The zero-order valence-corrected chi connectivity index (χ0v) is 15.2. The quantitative estimate of drug-likeness (QED) is 0.737. The fourth-order valence-corrected chi connectivity index (χ4v) is 3.13. The highest BCUT2D eigenvalue weighted by atomic mass is 19.1. The molecule has 1 aliphatic rings. The topological polar surface area (TPSA) is 72.3 Å². The molecule has 0 saturated carbocycles. The Labute approximate surface area is 161 Å². The van der Waals surface area contributed by atoms with E-state index in [1.165, 1.54) is 12.1 Å². The van der Waals surface area contributed by atoms with Crippen molar-refractivity contribution in [1.82, 2.24) is 19.7 Å². The number of amides is 2. The van der Waals surface area contributed by atoms with Crippen LogP contribution in [0.3, 0.4) is 0 Å². The van der Waals surface area contributed by atoms with Gasteiger partial charge >= 0.3 is 6.03 Å². The van der Waals surface area contributed by atoms with Crippen molar-refractivity contribution in [2.45, 2.75) is 19.1 Å². The molecule has 3 heterocycles. The fraction of sp³-hybridized carbons (Fsp3) is 0.250. The molecule has 2 amide bonds. The average Bonchev–Trinajstić information content (AvgIpc) is 3.34. The molecule has 0 radical (unpaired) electrons. The van der Waals surface area contributed by atoms with Gasteiger partial charge in [0, 0.05) is 25.2 Å². The van der Waals surface area contributed by atoms with Crippen molar-refractivity contribution >= 4 is 11.8 Å². The molecule has 0 aliphatic carbocycles. The van der Waals surface area contributed by atoms with E-state index in [1.807, 2.05) is 12.1 Å². The molecule has 1 atom stereocenters. The second-order valence-corrected chi connectivity index (χ2v) is 6.59. The van der Waals surface area contributed by atoms with Gasteiger partial charge in [0.2, 0.25) is 0 Å². The van der Waals surface area contributed by atoms with Crippen LogP contribution < -0.4 is 10.1 Å². The zero-order chi connectivity index (χ0) is 19.3. The maximum absolute atomic E-state index is 13.1. The lowest BCUT2D eigenvalue weighted by molar-refractivity contribution is 0.194. The van der Waals surface area contributed by atoms with E-state index in [2.05, 4.69) is 15.4 Å². The minimum atomic E-state index is -0.283. The van der Waals surface area contributed by atoms with E-state index in [1.54, 1.807) is 46.4 Å². The lowest BCUT2D eigenvalue weighted by atomic mass is 10.2. The van der Waals surface area contributed by atoms with E-state index < -0.39 is 0 Å². The van der Waals surface area contributed by atoms with E-state index in [0.717, 1.165) is 12.0 Å². The van der Waals surface area contributed by atoms with Crippen molar-refractivity contribution in [2.24, 2.45) is 0 Å². The Hall–Kier alpha value is -3.42. The smallest absolute Gasteiger partial charge is 0.323 e. The van der Waals surface area contributed by atoms with Crippen molar-refractivity contribution in [2.75, 3.05) is 18.4 Å². The summed E-state index contributed by atoms with van der Waals surface area (Å²) in [5, 5.41) is 7.14. The highest BCUT2D eigenvalue weighted by Crippen LogP contribution is 2.19. The highest BCUT2D eigenvalue weighted by Gasteiger charge is 2.28. The van der Waals surface area contributed by atoms with E-state index in [9.17, 15) is 9.18 Å². The summed E-state index contributed by atoms with van der Waals surface area (Å²) in [7, 11) is 0. The number of likely N-dealkylation sites (tertiary alicyclic amines) is 1. The molecule has 1 aliphatic heterocycles. The predicted octanol–water partition coefficient (Wildman–Crippen LogP) is 3.15. The number of urea groups is 1. The number of pyridine rings is 1. The third-order valence-electron chi connectivity index (χ3n) is 4.57. The average molecular weight is 381 g/mol. The molecule has 2 aromatic heterocycles. The standard InChI is InChI=1S/C20H20FN5O2/c21-16-5-3-15(4-6-16)13-26-19(7-10-23-26)24-20(27)25-11-8-18(14-25)28-17-2-1-9-22-12-17/h1-7,9-10,12,18H,8,11,13-14H2,(H,24,27)/t18-/m0/s1. The normalized spacial score (nSPS) is 16.2. The Balaban J connectivity index is 1.34. The van der Waals surface area contributed by atoms with Crippen molar-refractivity contribution in [1.29, 1.82) is 0 Å². The highest BCUT2D eigenvalue weighted by molar-refractivity contribution is 5.88. The molecule has 4 rings (SSSR count). The maximum atomic E-state index is 13.1. The zero-order valence-electron chi connectivity index (χ0n) is 15.2. The van der Waals surface area contributed by atoms with Gasteiger partial charge in [0.15, 0.2) is 0 Å². The van der Waals surface area contributed by atoms with Gasteiger partial charge < -0.3 is 9.64 Å². The lowest BCUT2D eigenvalue weighted by Crippen LogP contribution is -2.35. The van der Waals surface area contributed by atoms with Crippen molar-refractivity contribution in [3.63, 3.8) is 0 Å². The molecule has 1 saturated heterocycles. The second-order valence-electron chi connectivity index (χ2n) is 6.59. The van der Waals surface area contributed by atoms with Gasteiger partial charge in [-0.15, -0.1) is 0 Å². The first-order chi connectivity index (χ1) is 13.7. The molecule has 1 aromatic carbocycles. The molecule has 144 valence electrons. The molecule has 1 N–H and O–H groups in total. The van der Waals surface area contributed by atoms with E-state index >= 15 is 0 Å². The molecule has 28 heavy (non-hydrogen) atoms. The fourth-order valence-electron chi connectivity index (χ4n) is 3.13. The number of carbonyl (C=O) groups is 1. The van der Waals surface area contributed by atoms with Crippen LogP contribution in [0.4, 0.5) is 15.0 Å². The van der Waals surface area contributed by atoms with E-state index in [0.29, 0.717) is 31.2 Å². The van der Waals surface area contributed by atoms with Gasteiger partial charge in [0.05, 0.1) is 25.5 Å². The number of rotatable bonds is 5. The van der Waals surface area contributed by atoms with Gasteiger partial charge in [-0.2, -0.15) is 5.10 Å². The van der Waals surface area contributed by atoms with Gasteiger partial charge in [-0.3, -0.25) is 10.3 Å². The molecular weight excluding hydrogens is 361 g/mol. The summed E-state index contributed by atoms with van der Waals surface area (Å²) in [6, 6.07) is 11.4. The van der Waals surface area contributed by atoms with Gasteiger partial charge in [-0.1, -0.05) is 12.1 Å². The summed E-state index contributed by atoms with van der Waals surface area (Å²) in [6.45, 7) is 1.56. The van der Waals surface area contributed by atoms with Crippen LogP contribution in [0.25, 0.3) is 0 Å². The monoisotopic (exact) mass is 381 g/mol. The summed E-state index contributed by atoms with van der Waals surface area (Å²) in [5.74, 6) is 1.01. The SMILES string of the molecule is O=C(Nc1ccnn1Cc1ccc(F)cc1)N1CC[C@H](Oc2cccnc2)C1. The minimum absolute atomic E-state index is 0.0564. The van der Waals surface area contributed by atoms with E-state index in [4.69, 9.17) is 4.74 Å². The molecule has 7 nitrogen and oxygen atoms in total. The number of anilines is 1. The Morgan fingerprint density at radius 2 is 2.07 bits per heavy atom. The Morgan fingerprint density at radius 1 is 1.21 bits per heavy atom. The summed E-state index contributed by atoms with van der Waals surface area (Å²) in [6.07, 6.45) is 5.68. The largest absolute Gasteiger partial charge is 0.487 e. The summed E-state index contributed by atoms with van der Waals surface area (Å²) in [4.78, 5) is 18.4. The number of ether oxygens (including phenoxy) is 1. The van der Waals surface area contributed by atoms with Crippen LogP contribution in [-0.2, 0) is 6.54 Å². The number of nitrogens with one attached hydrogen (secondary N) is 1. The molecule has 1 fully saturated rings. The Morgan fingerprint density at radius 3 is 2.86 bits per heavy atom. The van der Waals surface area contributed by atoms with Crippen LogP contribution in [0.5, 0.6) is 5.75 Å². The van der Waals surface area contributed by atoms with Crippen LogP contribution >= 0.6 is 0 Å². The number of hydrogen-bond acceptors (Lipinski definition) is 4. The molecule has 8 heteroatoms. The molecule has 0 bridgehead atoms.